The fourth-order valence-corrected chi connectivity index (χ4v) is 4.63. The molecule has 1 heterocycles. The molecule has 0 aliphatic carbocycles. The van der Waals surface area contributed by atoms with E-state index in [1.165, 1.54) is 27.7 Å². The zero-order valence-corrected chi connectivity index (χ0v) is 20.1. The van der Waals surface area contributed by atoms with Gasteiger partial charge in [0, 0.05) is 40.8 Å². The molecule has 0 spiro atoms. The number of nitrogens with zero attached hydrogens (tertiary/aromatic N) is 1. The third-order valence-corrected chi connectivity index (χ3v) is 5.81. The van der Waals surface area contributed by atoms with E-state index in [2.05, 4.69) is 0 Å². The molecule has 1 fully saturated rings. The van der Waals surface area contributed by atoms with E-state index in [0.29, 0.717) is 17.4 Å². The quantitative estimate of drug-likeness (QED) is 0.285. The first kappa shape index (κ1) is 27.1. The third kappa shape index (κ3) is 8.62. The number of thiocarbonyl (C=S) groups is 1. The van der Waals surface area contributed by atoms with E-state index in [4.69, 9.17) is 35.9 Å². The molecule has 1 aliphatic heterocycles. The second-order valence-corrected chi connectivity index (χ2v) is 8.36. The summed E-state index contributed by atoms with van der Waals surface area (Å²) >= 11 is 6.59. The van der Waals surface area contributed by atoms with Crippen LogP contribution in [0.1, 0.15) is 41.5 Å². The molecule has 0 aromatic carbocycles. The average molecular weight is 480 g/mol. The Bertz CT molecular complexity index is 683. The highest BCUT2D eigenvalue weighted by Crippen LogP contribution is 2.35. The molecule has 176 valence electrons. The van der Waals surface area contributed by atoms with Crippen molar-refractivity contribution in [1.29, 1.82) is 0 Å². The maximum Gasteiger partial charge on any atom is 0.303 e. The number of hydrogen-bond donors (Lipinski definition) is 0. The summed E-state index contributed by atoms with van der Waals surface area (Å²) in [5, 5.41) is 0. The number of ether oxygens (including phenoxy) is 5. The monoisotopic (exact) mass is 479 g/mol. The van der Waals surface area contributed by atoms with Crippen LogP contribution in [-0.4, -0.2) is 82.6 Å². The second kappa shape index (κ2) is 12.8. The Morgan fingerprint density at radius 3 is 1.77 bits per heavy atom. The van der Waals surface area contributed by atoms with Crippen LogP contribution in [0.5, 0.6) is 0 Å². The molecule has 10 nitrogen and oxygen atoms in total. The molecule has 0 amide bonds. The van der Waals surface area contributed by atoms with Gasteiger partial charge in [-0.3, -0.25) is 19.2 Å². The Balaban J connectivity index is 3.35. The molecule has 31 heavy (non-hydrogen) atoms. The number of carbonyl (C=O) groups excluding carboxylic acids is 4. The minimum atomic E-state index is -1.20. The van der Waals surface area contributed by atoms with Gasteiger partial charge in [-0.2, -0.15) is 0 Å². The normalized spacial score (nSPS) is 25.2. The fourth-order valence-electron chi connectivity index (χ4n) is 2.94. The molecule has 5 atom stereocenters. The first-order valence-electron chi connectivity index (χ1n) is 9.76. The standard InChI is InChI=1S/C19H29NO9S2/c1-7-20(8-2)19(30)31-18-17(28-13(6)24)16(27-12(5)23)15(26-11(4)22)14(29-18)9-25-10(3)21/h14-18H,7-9H2,1-6H3/t14-,15-,16+,17-,18?/m1/s1. The molecular weight excluding hydrogens is 450 g/mol. The van der Waals surface area contributed by atoms with Crippen molar-refractivity contribution in [2.24, 2.45) is 0 Å². The van der Waals surface area contributed by atoms with Crippen LogP contribution in [0.3, 0.4) is 0 Å². The predicted molar refractivity (Wildman–Crippen MR) is 115 cm³/mol. The van der Waals surface area contributed by atoms with E-state index >= 15 is 0 Å². The molecule has 1 unspecified atom stereocenters. The summed E-state index contributed by atoms with van der Waals surface area (Å²) in [6, 6.07) is 0. The van der Waals surface area contributed by atoms with E-state index in [1.54, 1.807) is 0 Å². The van der Waals surface area contributed by atoms with Crippen LogP contribution in [-0.2, 0) is 42.9 Å². The van der Waals surface area contributed by atoms with Crippen LogP contribution in [0, 0.1) is 0 Å². The van der Waals surface area contributed by atoms with Gasteiger partial charge in [0.05, 0.1) is 0 Å². The summed E-state index contributed by atoms with van der Waals surface area (Å²) in [6.45, 7) is 9.65. The summed E-state index contributed by atoms with van der Waals surface area (Å²) in [6.07, 6.45) is -4.49. The molecule has 1 aliphatic rings. The van der Waals surface area contributed by atoms with E-state index < -0.39 is 53.7 Å². The van der Waals surface area contributed by atoms with Crippen LogP contribution in [0.25, 0.3) is 0 Å². The van der Waals surface area contributed by atoms with Crippen molar-refractivity contribution in [3.63, 3.8) is 0 Å². The summed E-state index contributed by atoms with van der Waals surface area (Å²) < 4.78 is 27.7. The SMILES string of the molecule is CCN(CC)C(=S)SC1O[C@H](COC(C)=O)[C@@H](OC(C)=O)[C@H](OC(C)=O)[C@H]1OC(C)=O. The minimum absolute atomic E-state index is 0.271. The summed E-state index contributed by atoms with van der Waals surface area (Å²) in [4.78, 5) is 48.6. The van der Waals surface area contributed by atoms with Gasteiger partial charge >= 0.3 is 23.9 Å². The largest absolute Gasteiger partial charge is 0.463 e. The van der Waals surface area contributed by atoms with Crippen LogP contribution < -0.4 is 0 Å². The first-order valence-corrected chi connectivity index (χ1v) is 11.0. The van der Waals surface area contributed by atoms with Crippen molar-refractivity contribution >= 4 is 52.2 Å². The lowest BCUT2D eigenvalue weighted by molar-refractivity contribution is -0.237. The highest BCUT2D eigenvalue weighted by Gasteiger charge is 2.52. The Hall–Kier alpha value is -1.92. The van der Waals surface area contributed by atoms with Gasteiger partial charge in [0.1, 0.15) is 17.0 Å². The molecule has 0 bridgehead atoms. The molecule has 1 rings (SSSR count). The fraction of sp³-hybridized carbons (Fsp3) is 0.737. The van der Waals surface area contributed by atoms with Crippen molar-refractivity contribution in [3.05, 3.63) is 0 Å². The Morgan fingerprint density at radius 2 is 1.32 bits per heavy atom. The summed E-state index contributed by atoms with van der Waals surface area (Å²) in [7, 11) is 0. The van der Waals surface area contributed by atoms with Gasteiger partial charge in [-0.15, -0.1) is 0 Å². The maximum atomic E-state index is 11.8. The molecule has 0 saturated carbocycles. The highest BCUT2D eigenvalue weighted by molar-refractivity contribution is 8.23. The van der Waals surface area contributed by atoms with Crippen molar-refractivity contribution in [3.8, 4) is 0 Å². The second-order valence-electron chi connectivity index (χ2n) is 6.62. The highest BCUT2D eigenvalue weighted by atomic mass is 32.2. The van der Waals surface area contributed by atoms with Crippen molar-refractivity contribution in [2.45, 2.75) is 71.4 Å². The average Bonchev–Trinajstić information content (AvgIpc) is 2.64. The number of carbonyl (C=O) groups is 4. The van der Waals surface area contributed by atoms with Crippen molar-refractivity contribution in [2.75, 3.05) is 19.7 Å². The Labute approximate surface area is 191 Å². The number of esters is 4. The molecule has 0 aromatic heterocycles. The first-order chi connectivity index (χ1) is 14.5. The Morgan fingerprint density at radius 1 is 0.839 bits per heavy atom. The lowest BCUT2D eigenvalue weighted by Gasteiger charge is -2.44. The van der Waals surface area contributed by atoms with Gasteiger partial charge < -0.3 is 28.6 Å². The maximum absolute atomic E-state index is 11.8. The van der Waals surface area contributed by atoms with Gasteiger partial charge in [-0.05, 0) is 13.8 Å². The predicted octanol–water partition coefficient (Wildman–Crippen LogP) is 1.43. The van der Waals surface area contributed by atoms with E-state index in [-0.39, 0.29) is 6.61 Å². The minimum Gasteiger partial charge on any atom is -0.463 e. The van der Waals surface area contributed by atoms with E-state index in [9.17, 15) is 19.2 Å². The number of thioether (sulfide) groups is 1. The van der Waals surface area contributed by atoms with Gasteiger partial charge in [0.2, 0.25) is 0 Å². The van der Waals surface area contributed by atoms with E-state index in [0.717, 1.165) is 11.8 Å². The van der Waals surface area contributed by atoms with Gasteiger partial charge in [0.15, 0.2) is 23.7 Å². The number of rotatable bonds is 8. The van der Waals surface area contributed by atoms with Crippen LogP contribution in [0.2, 0.25) is 0 Å². The molecule has 1 saturated heterocycles. The molecular formula is C19H29NO9S2. The van der Waals surface area contributed by atoms with Crippen molar-refractivity contribution in [1.82, 2.24) is 4.90 Å². The summed E-state index contributed by atoms with van der Waals surface area (Å²) in [5.74, 6) is -2.57. The smallest absolute Gasteiger partial charge is 0.303 e. The number of hydrogen-bond acceptors (Lipinski definition) is 11. The molecule has 0 aromatic rings. The summed E-state index contributed by atoms with van der Waals surface area (Å²) in [5.41, 5.74) is -0.909. The van der Waals surface area contributed by atoms with Crippen LogP contribution >= 0.6 is 24.0 Å². The van der Waals surface area contributed by atoms with Gasteiger partial charge in [-0.25, -0.2) is 0 Å². The zero-order valence-electron chi connectivity index (χ0n) is 18.4. The van der Waals surface area contributed by atoms with E-state index in [1.807, 2.05) is 18.7 Å². The molecule has 0 radical (unpaired) electrons. The lowest BCUT2D eigenvalue weighted by atomic mass is 9.99. The third-order valence-electron chi connectivity index (χ3n) is 4.19. The van der Waals surface area contributed by atoms with Crippen LogP contribution in [0.15, 0.2) is 0 Å². The van der Waals surface area contributed by atoms with Crippen molar-refractivity contribution < 1.29 is 42.9 Å². The van der Waals surface area contributed by atoms with Gasteiger partial charge in [0.25, 0.3) is 0 Å². The molecule has 0 N–H and O–H groups in total. The van der Waals surface area contributed by atoms with Crippen LogP contribution in [0.4, 0.5) is 0 Å². The van der Waals surface area contributed by atoms with Gasteiger partial charge in [-0.1, -0.05) is 24.0 Å². The topological polar surface area (TPSA) is 118 Å². The Kier molecular flexibility index (Phi) is 11.2. The lowest BCUT2D eigenvalue weighted by Crippen LogP contribution is -2.61. The zero-order chi connectivity index (χ0) is 23.7. The molecule has 12 heteroatoms.